The minimum atomic E-state index is 0.0624. The van der Waals surface area contributed by atoms with Gasteiger partial charge in [0.15, 0.2) is 0 Å². The molecule has 0 aliphatic heterocycles. The van der Waals surface area contributed by atoms with Crippen molar-refractivity contribution in [1.82, 2.24) is 14.9 Å². The number of ether oxygens (including phenoxy) is 1. The van der Waals surface area contributed by atoms with E-state index in [2.05, 4.69) is 10.3 Å². The maximum absolute atomic E-state index is 12.4. The molecule has 1 fully saturated rings. The van der Waals surface area contributed by atoms with E-state index in [0.717, 1.165) is 29.7 Å². The predicted octanol–water partition coefficient (Wildman–Crippen LogP) is 2.63. The summed E-state index contributed by atoms with van der Waals surface area (Å²) in [5, 5.41) is 3.16. The van der Waals surface area contributed by atoms with Crippen molar-refractivity contribution in [3.05, 3.63) is 30.1 Å². The molecule has 118 valence electrons. The van der Waals surface area contributed by atoms with Crippen LogP contribution in [0, 0.1) is 0 Å². The molecule has 1 heterocycles. The van der Waals surface area contributed by atoms with Crippen LogP contribution >= 0.6 is 0 Å². The molecule has 22 heavy (non-hydrogen) atoms. The number of hydrogen-bond donors (Lipinski definition) is 1. The van der Waals surface area contributed by atoms with Crippen LogP contribution in [0.15, 0.2) is 24.3 Å². The molecular weight excluding hydrogens is 278 g/mol. The van der Waals surface area contributed by atoms with Gasteiger partial charge in [0.1, 0.15) is 19.0 Å². The van der Waals surface area contributed by atoms with Crippen LogP contribution in [0.25, 0.3) is 11.0 Å². The largest absolute Gasteiger partial charge is 0.377 e. The van der Waals surface area contributed by atoms with Gasteiger partial charge in [-0.1, -0.05) is 31.4 Å². The highest BCUT2D eigenvalue weighted by Crippen LogP contribution is 2.19. The van der Waals surface area contributed by atoms with Gasteiger partial charge < -0.3 is 14.6 Å². The lowest BCUT2D eigenvalue weighted by Crippen LogP contribution is -2.38. The van der Waals surface area contributed by atoms with E-state index in [-0.39, 0.29) is 5.91 Å². The second-order valence-corrected chi connectivity index (χ2v) is 5.94. The van der Waals surface area contributed by atoms with Crippen LogP contribution in [-0.4, -0.2) is 28.6 Å². The zero-order valence-electron chi connectivity index (χ0n) is 13.0. The standard InChI is InChI=1S/C17H23N3O2/c1-22-12-16-19-14-9-5-6-10-15(14)20(16)11-17(21)18-13-7-3-2-4-8-13/h5-6,9-10,13H,2-4,7-8,11-12H2,1H3,(H,18,21). The van der Waals surface area contributed by atoms with E-state index in [0.29, 0.717) is 19.2 Å². The molecular formula is C17H23N3O2. The third-order valence-corrected chi connectivity index (χ3v) is 4.28. The third-order valence-electron chi connectivity index (χ3n) is 4.28. The lowest BCUT2D eigenvalue weighted by atomic mass is 9.95. The fourth-order valence-corrected chi connectivity index (χ4v) is 3.20. The highest BCUT2D eigenvalue weighted by atomic mass is 16.5. The molecule has 1 amide bonds. The Labute approximate surface area is 130 Å². The van der Waals surface area contributed by atoms with Gasteiger partial charge in [0.05, 0.1) is 11.0 Å². The Morgan fingerprint density at radius 1 is 1.32 bits per heavy atom. The lowest BCUT2D eigenvalue weighted by molar-refractivity contribution is -0.122. The second-order valence-electron chi connectivity index (χ2n) is 5.94. The van der Waals surface area contributed by atoms with Gasteiger partial charge in [-0.3, -0.25) is 4.79 Å². The Kier molecular flexibility index (Phi) is 4.73. The van der Waals surface area contributed by atoms with Gasteiger partial charge in [0.25, 0.3) is 0 Å². The molecule has 0 atom stereocenters. The average Bonchev–Trinajstić information content (AvgIpc) is 2.86. The maximum atomic E-state index is 12.4. The first-order valence-electron chi connectivity index (χ1n) is 8.00. The van der Waals surface area contributed by atoms with Crippen molar-refractivity contribution >= 4 is 16.9 Å². The Balaban J connectivity index is 1.76. The quantitative estimate of drug-likeness (QED) is 0.923. The van der Waals surface area contributed by atoms with Crippen molar-refractivity contribution in [1.29, 1.82) is 0 Å². The molecule has 3 rings (SSSR count). The number of nitrogens with one attached hydrogen (secondary N) is 1. The van der Waals surface area contributed by atoms with E-state index in [1.165, 1.54) is 19.3 Å². The van der Waals surface area contributed by atoms with Crippen molar-refractivity contribution in [3.63, 3.8) is 0 Å². The van der Waals surface area contributed by atoms with E-state index in [9.17, 15) is 4.79 Å². The first-order valence-corrected chi connectivity index (χ1v) is 8.00. The molecule has 0 saturated heterocycles. The molecule has 0 radical (unpaired) electrons. The molecule has 0 spiro atoms. The number of amides is 1. The summed E-state index contributed by atoms with van der Waals surface area (Å²) >= 11 is 0. The summed E-state index contributed by atoms with van der Waals surface area (Å²) in [7, 11) is 1.64. The average molecular weight is 301 g/mol. The summed E-state index contributed by atoms with van der Waals surface area (Å²) in [5.74, 6) is 0.856. The summed E-state index contributed by atoms with van der Waals surface area (Å²) in [4.78, 5) is 16.9. The van der Waals surface area contributed by atoms with Gasteiger partial charge in [-0.15, -0.1) is 0 Å². The zero-order valence-corrected chi connectivity index (χ0v) is 13.0. The highest BCUT2D eigenvalue weighted by Gasteiger charge is 2.18. The SMILES string of the molecule is COCc1nc2ccccc2n1CC(=O)NC1CCCCC1. The van der Waals surface area contributed by atoms with E-state index >= 15 is 0 Å². The summed E-state index contributed by atoms with van der Waals surface area (Å²) in [6.07, 6.45) is 5.92. The van der Waals surface area contributed by atoms with Gasteiger partial charge in [-0.25, -0.2) is 4.98 Å². The number of aromatic nitrogens is 2. The second kappa shape index (κ2) is 6.92. The van der Waals surface area contributed by atoms with E-state index < -0.39 is 0 Å². The monoisotopic (exact) mass is 301 g/mol. The molecule has 0 bridgehead atoms. The maximum Gasteiger partial charge on any atom is 0.240 e. The van der Waals surface area contributed by atoms with E-state index in [4.69, 9.17) is 4.74 Å². The van der Waals surface area contributed by atoms with Gasteiger partial charge in [0.2, 0.25) is 5.91 Å². The van der Waals surface area contributed by atoms with Gasteiger partial charge >= 0.3 is 0 Å². The number of hydrogen-bond acceptors (Lipinski definition) is 3. The number of carbonyl (C=O) groups excluding carboxylic acids is 1. The molecule has 0 unspecified atom stereocenters. The fourth-order valence-electron chi connectivity index (χ4n) is 3.20. The van der Waals surface area contributed by atoms with Crippen molar-refractivity contribution in [2.24, 2.45) is 0 Å². The fraction of sp³-hybridized carbons (Fsp3) is 0.529. The predicted molar refractivity (Wildman–Crippen MR) is 85.5 cm³/mol. The minimum absolute atomic E-state index is 0.0624. The van der Waals surface area contributed by atoms with Crippen molar-refractivity contribution in [2.45, 2.75) is 51.3 Å². The van der Waals surface area contributed by atoms with Crippen LogP contribution in [-0.2, 0) is 22.7 Å². The Morgan fingerprint density at radius 3 is 2.86 bits per heavy atom. The Bertz CT molecular complexity index is 644. The molecule has 5 nitrogen and oxygen atoms in total. The van der Waals surface area contributed by atoms with Gasteiger partial charge in [-0.05, 0) is 25.0 Å². The van der Waals surface area contributed by atoms with Crippen LogP contribution in [0.3, 0.4) is 0 Å². The van der Waals surface area contributed by atoms with Crippen molar-refractivity contribution in [2.75, 3.05) is 7.11 Å². The summed E-state index contributed by atoms with van der Waals surface area (Å²) in [5.41, 5.74) is 1.88. The first-order chi connectivity index (χ1) is 10.8. The molecule has 1 aliphatic carbocycles. The van der Waals surface area contributed by atoms with Crippen LogP contribution in [0.4, 0.5) is 0 Å². The molecule has 1 N–H and O–H groups in total. The van der Waals surface area contributed by atoms with Crippen LogP contribution in [0.2, 0.25) is 0 Å². The summed E-state index contributed by atoms with van der Waals surface area (Å²) in [6, 6.07) is 8.22. The smallest absolute Gasteiger partial charge is 0.240 e. The van der Waals surface area contributed by atoms with Crippen LogP contribution < -0.4 is 5.32 Å². The van der Waals surface area contributed by atoms with E-state index in [1.807, 2.05) is 28.8 Å². The summed E-state index contributed by atoms with van der Waals surface area (Å²) in [6.45, 7) is 0.709. The molecule has 1 saturated carbocycles. The van der Waals surface area contributed by atoms with Gasteiger partial charge in [0, 0.05) is 13.2 Å². The number of nitrogens with zero attached hydrogens (tertiary/aromatic N) is 2. The number of methoxy groups -OCH3 is 1. The molecule has 1 aliphatic rings. The molecule has 2 aromatic rings. The Hall–Kier alpha value is -1.88. The van der Waals surface area contributed by atoms with Crippen LogP contribution in [0.1, 0.15) is 37.9 Å². The number of fused-ring (bicyclic) bond motifs is 1. The first kappa shape index (κ1) is 15.0. The zero-order chi connectivity index (χ0) is 15.4. The number of rotatable bonds is 5. The van der Waals surface area contributed by atoms with Crippen molar-refractivity contribution < 1.29 is 9.53 Å². The Morgan fingerprint density at radius 2 is 2.09 bits per heavy atom. The number of benzene rings is 1. The lowest BCUT2D eigenvalue weighted by Gasteiger charge is -2.23. The number of carbonyl (C=O) groups is 1. The number of para-hydroxylation sites is 2. The normalized spacial score (nSPS) is 16.0. The molecule has 1 aromatic heterocycles. The van der Waals surface area contributed by atoms with Gasteiger partial charge in [-0.2, -0.15) is 0 Å². The minimum Gasteiger partial charge on any atom is -0.377 e. The number of imidazole rings is 1. The molecule has 1 aromatic carbocycles. The van der Waals surface area contributed by atoms with Crippen LogP contribution in [0.5, 0.6) is 0 Å². The summed E-state index contributed by atoms with van der Waals surface area (Å²) < 4.78 is 7.17. The van der Waals surface area contributed by atoms with E-state index in [1.54, 1.807) is 7.11 Å². The van der Waals surface area contributed by atoms with Crippen molar-refractivity contribution in [3.8, 4) is 0 Å². The highest BCUT2D eigenvalue weighted by molar-refractivity contribution is 5.81. The topological polar surface area (TPSA) is 56.2 Å². The third kappa shape index (κ3) is 3.30. The molecule has 5 heteroatoms.